The Bertz CT molecular complexity index is 1020. The molecule has 1 fully saturated rings. The maximum absolute atomic E-state index is 13.9. The van der Waals surface area contributed by atoms with Gasteiger partial charge in [0.05, 0.1) is 17.7 Å². The van der Waals surface area contributed by atoms with E-state index < -0.39 is 17.5 Å². The molecule has 0 N–H and O–H groups in total. The second-order valence-electron chi connectivity index (χ2n) is 6.76. The van der Waals surface area contributed by atoms with Gasteiger partial charge >= 0.3 is 0 Å². The van der Waals surface area contributed by atoms with E-state index in [-0.39, 0.29) is 17.4 Å². The van der Waals surface area contributed by atoms with E-state index in [4.69, 9.17) is 4.42 Å². The molecule has 1 aliphatic heterocycles. The van der Waals surface area contributed by atoms with E-state index in [1.165, 1.54) is 30.5 Å². The molecular weight excluding hydrogens is 369 g/mol. The number of likely N-dealkylation sites (tertiary alicyclic amines) is 1. The number of hydrogen-bond donors (Lipinski definition) is 0. The summed E-state index contributed by atoms with van der Waals surface area (Å²) in [6.07, 6.45) is 2.95. The van der Waals surface area contributed by atoms with Crippen molar-refractivity contribution < 1.29 is 22.4 Å². The lowest BCUT2D eigenvalue weighted by molar-refractivity contribution is 0.0694. The van der Waals surface area contributed by atoms with Gasteiger partial charge in [0.1, 0.15) is 5.82 Å². The van der Waals surface area contributed by atoms with Crippen LogP contribution >= 0.6 is 0 Å². The summed E-state index contributed by atoms with van der Waals surface area (Å²) < 4.78 is 46.2. The molecular formula is C21H17F3N2O2. The van der Waals surface area contributed by atoms with E-state index in [1.807, 2.05) is 0 Å². The van der Waals surface area contributed by atoms with Crippen molar-refractivity contribution in [1.82, 2.24) is 9.88 Å². The molecule has 0 radical (unpaired) electrons. The van der Waals surface area contributed by atoms with Crippen molar-refractivity contribution in [2.45, 2.75) is 18.8 Å². The molecule has 0 bridgehead atoms. The van der Waals surface area contributed by atoms with Crippen LogP contribution in [0.25, 0.3) is 11.3 Å². The zero-order valence-electron chi connectivity index (χ0n) is 14.9. The van der Waals surface area contributed by atoms with Gasteiger partial charge in [0.25, 0.3) is 5.91 Å². The third-order valence-electron chi connectivity index (χ3n) is 4.89. The van der Waals surface area contributed by atoms with Gasteiger partial charge in [-0.25, -0.2) is 18.2 Å². The molecule has 1 aliphatic rings. The topological polar surface area (TPSA) is 46.3 Å². The van der Waals surface area contributed by atoms with E-state index in [2.05, 4.69) is 4.98 Å². The van der Waals surface area contributed by atoms with Crippen LogP contribution in [-0.2, 0) is 0 Å². The largest absolute Gasteiger partial charge is 0.440 e. The van der Waals surface area contributed by atoms with Crippen molar-refractivity contribution in [3.63, 3.8) is 0 Å². The van der Waals surface area contributed by atoms with E-state index in [9.17, 15) is 18.0 Å². The number of nitrogens with zero attached hydrogens (tertiary/aromatic N) is 2. The third-order valence-corrected chi connectivity index (χ3v) is 4.89. The molecule has 3 aromatic rings. The SMILES string of the molecule is O=C(c1ccccc1F)N1CCCC(c2ncc(-c3ccc(F)c(F)c3)o2)C1. The summed E-state index contributed by atoms with van der Waals surface area (Å²) in [7, 11) is 0. The predicted molar refractivity (Wildman–Crippen MR) is 96.1 cm³/mol. The van der Waals surface area contributed by atoms with Gasteiger partial charge in [-0.3, -0.25) is 4.79 Å². The molecule has 28 heavy (non-hydrogen) atoms. The Balaban J connectivity index is 1.52. The lowest BCUT2D eigenvalue weighted by atomic mass is 9.97. The maximum Gasteiger partial charge on any atom is 0.256 e. The molecule has 4 rings (SSSR count). The first-order chi connectivity index (χ1) is 13.5. The van der Waals surface area contributed by atoms with Gasteiger partial charge in [-0.2, -0.15) is 0 Å². The van der Waals surface area contributed by atoms with Crippen molar-refractivity contribution in [3.8, 4) is 11.3 Å². The monoisotopic (exact) mass is 386 g/mol. The van der Waals surface area contributed by atoms with Gasteiger partial charge in [-0.1, -0.05) is 12.1 Å². The molecule has 1 amide bonds. The number of carbonyl (C=O) groups is 1. The van der Waals surface area contributed by atoms with E-state index >= 15 is 0 Å². The Morgan fingerprint density at radius 2 is 1.89 bits per heavy atom. The highest BCUT2D eigenvalue weighted by molar-refractivity contribution is 5.94. The van der Waals surface area contributed by atoms with Gasteiger partial charge in [-0.05, 0) is 43.2 Å². The van der Waals surface area contributed by atoms with Crippen molar-refractivity contribution in [3.05, 3.63) is 77.6 Å². The first-order valence-corrected chi connectivity index (χ1v) is 8.98. The normalized spacial score (nSPS) is 17.0. The number of aromatic nitrogens is 1. The average Bonchev–Trinajstić information content (AvgIpc) is 3.20. The summed E-state index contributed by atoms with van der Waals surface area (Å²) in [4.78, 5) is 18.5. The second kappa shape index (κ2) is 7.50. The van der Waals surface area contributed by atoms with E-state index in [1.54, 1.807) is 11.0 Å². The van der Waals surface area contributed by atoms with Crippen LogP contribution in [0.1, 0.15) is 35.0 Å². The lowest BCUT2D eigenvalue weighted by Crippen LogP contribution is -2.39. The van der Waals surface area contributed by atoms with Gasteiger partial charge in [0.15, 0.2) is 23.3 Å². The number of carbonyl (C=O) groups excluding carboxylic acids is 1. The molecule has 2 aromatic carbocycles. The zero-order valence-corrected chi connectivity index (χ0v) is 14.9. The number of oxazole rings is 1. The van der Waals surface area contributed by atoms with E-state index in [0.29, 0.717) is 30.3 Å². The van der Waals surface area contributed by atoms with Crippen LogP contribution in [0.15, 0.2) is 53.1 Å². The Morgan fingerprint density at radius 3 is 2.68 bits per heavy atom. The fourth-order valence-electron chi connectivity index (χ4n) is 3.43. The third kappa shape index (κ3) is 3.52. The molecule has 1 saturated heterocycles. The summed E-state index contributed by atoms with van der Waals surface area (Å²) in [5.74, 6) is -2.21. The fraction of sp³-hybridized carbons (Fsp3) is 0.238. The number of rotatable bonds is 3. The molecule has 7 heteroatoms. The smallest absolute Gasteiger partial charge is 0.256 e. The number of amides is 1. The van der Waals surface area contributed by atoms with Crippen LogP contribution in [0.2, 0.25) is 0 Å². The molecule has 1 unspecified atom stereocenters. The summed E-state index contributed by atoms with van der Waals surface area (Å²) in [6.45, 7) is 0.880. The quantitative estimate of drug-likeness (QED) is 0.651. The molecule has 1 atom stereocenters. The number of piperidine rings is 1. The zero-order chi connectivity index (χ0) is 19.7. The molecule has 0 spiro atoms. The Morgan fingerprint density at radius 1 is 1.07 bits per heavy atom. The minimum Gasteiger partial charge on any atom is -0.440 e. The van der Waals surface area contributed by atoms with Crippen LogP contribution in [0.3, 0.4) is 0 Å². The average molecular weight is 386 g/mol. The second-order valence-corrected chi connectivity index (χ2v) is 6.76. The summed E-state index contributed by atoms with van der Waals surface area (Å²) in [6, 6.07) is 9.39. The number of halogens is 3. The molecule has 2 heterocycles. The minimum atomic E-state index is -0.963. The maximum atomic E-state index is 13.9. The summed E-state index contributed by atoms with van der Waals surface area (Å²) >= 11 is 0. The molecule has 0 aliphatic carbocycles. The standard InChI is InChI=1S/C21H17F3N2O2/c22-16-6-2-1-5-15(16)21(27)26-9-3-4-14(12-26)20-25-11-19(28-20)13-7-8-17(23)18(24)10-13/h1-2,5-8,10-11,14H,3-4,9,12H2. The van der Waals surface area contributed by atoms with Crippen molar-refractivity contribution in [2.75, 3.05) is 13.1 Å². The lowest BCUT2D eigenvalue weighted by Gasteiger charge is -2.31. The van der Waals surface area contributed by atoms with Crippen LogP contribution in [0.4, 0.5) is 13.2 Å². The minimum absolute atomic E-state index is 0.0398. The first-order valence-electron chi connectivity index (χ1n) is 8.98. The summed E-state index contributed by atoms with van der Waals surface area (Å²) in [5, 5.41) is 0. The highest BCUT2D eigenvalue weighted by atomic mass is 19.2. The van der Waals surface area contributed by atoms with Gasteiger partial charge in [0, 0.05) is 18.7 Å². The first kappa shape index (κ1) is 18.3. The molecule has 144 valence electrons. The predicted octanol–water partition coefficient (Wildman–Crippen LogP) is 4.78. The molecule has 4 nitrogen and oxygen atoms in total. The van der Waals surface area contributed by atoms with Crippen LogP contribution in [-0.4, -0.2) is 28.9 Å². The Labute approximate surface area is 159 Å². The van der Waals surface area contributed by atoms with Gasteiger partial charge in [0.2, 0.25) is 0 Å². The highest BCUT2D eigenvalue weighted by Crippen LogP contribution is 2.31. The Hall–Kier alpha value is -3.09. The number of hydrogen-bond acceptors (Lipinski definition) is 3. The van der Waals surface area contributed by atoms with Crippen molar-refractivity contribution in [1.29, 1.82) is 0 Å². The number of benzene rings is 2. The molecule has 0 saturated carbocycles. The van der Waals surface area contributed by atoms with Crippen LogP contribution in [0, 0.1) is 17.5 Å². The van der Waals surface area contributed by atoms with Gasteiger partial charge < -0.3 is 9.32 Å². The van der Waals surface area contributed by atoms with Crippen molar-refractivity contribution >= 4 is 5.91 Å². The Kier molecular flexibility index (Phi) is 4.90. The van der Waals surface area contributed by atoms with Crippen LogP contribution < -0.4 is 0 Å². The fourth-order valence-corrected chi connectivity index (χ4v) is 3.43. The summed E-state index contributed by atoms with van der Waals surface area (Å²) in [5.41, 5.74) is 0.422. The van der Waals surface area contributed by atoms with Crippen LogP contribution in [0.5, 0.6) is 0 Å². The molecule has 1 aromatic heterocycles. The van der Waals surface area contributed by atoms with E-state index in [0.717, 1.165) is 25.0 Å². The van der Waals surface area contributed by atoms with Gasteiger partial charge in [-0.15, -0.1) is 0 Å². The van der Waals surface area contributed by atoms with Crippen molar-refractivity contribution in [2.24, 2.45) is 0 Å². The highest BCUT2D eigenvalue weighted by Gasteiger charge is 2.29.